The highest BCUT2D eigenvalue weighted by Crippen LogP contribution is 2.35. The van der Waals surface area contributed by atoms with Crippen LogP contribution in [0.5, 0.6) is 0 Å². The van der Waals surface area contributed by atoms with Gasteiger partial charge in [0.2, 0.25) is 0 Å². The second-order valence-corrected chi connectivity index (χ2v) is 5.50. The normalized spacial score (nSPS) is 22.2. The third kappa shape index (κ3) is 3.90. The fraction of sp³-hybridized carbons (Fsp3) is 0.545. The molecular formula is C11H18NS. The summed E-state index contributed by atoms with van der Waals surface area (Å²) in [6.07, 6.45) is 8.37. The summed E-state index contributed by atoms with van der Waals surface area (Å²) >= 11 is 1.84. The maximum Gasteiger partial charge on any atom is 0.0381 e. The molecule has 0 aliphatic heterocycles. The monoisotopic (exact) mass is 196 g/mol. The van der Waals surface area contributed by atoms with E-state index in [-0.39, 0.29) is 11.5 Å². The van der Waals surface area contributed by atoms with Gasteiger partial charge >= 0.3 is 0 Å². The van der Waals surface area contributed by atoms with Crippen LogP contribution in [0.3, 0.4) is 0 Å². The fourth-order valence-electron chi connectivity index (χ4n) is 0.889. The molecular weight excluding hydrogens is 178 g/mol. The van der Waals surface area contributed by atoms with Gasteiger partial charge in [0.25, 0.3) is 0 Å². The average Bonchev–Trinajstić information content (AvgIpc) is 2.50. The van der Waals surface area contributed by atoms with E-state index >= 15 is 0 Å². The van der Waals surface area contributed by atoms with Crippen LogP contribution in [0.2, 0.25) is 0 Å². The Kier molecular flexibility index (Phi) is 4.11. The lowest BCUT2D eigenvalue weighted by Gasteiger charge is -2.27. The molecule has 0 bridgehead atoms. The van der Waals surface area contributed by atoms with Crippen molar-refractivity contribution in [2.75, 3.05) is 5.75 Å². The van der Waals surface area contributed by atoms with Crippen LogP contribution < -0.4 is 5.73 Å². The molecule has 0 amide bonds. The summed E-state index contributed by atoms with van der Waals surface area (Å²) in [6, 6.07) is 0.257. The Balaban J connectivity index is 2.17. The van der Waals surface area contributed by atoms with Crippen LogP contribution >= 0.6 is 11.8 Å². The van der Waals surface area contributed by atoms with Crippen molar-refractivity contribution in [2.45, 2.75) is 26.8 Å². The molecule has 0 aromatic heterocycles. The molecule has 73 valence electrons. The Morgan fingerprint density at radius 3 is 2.31 bits per heavy atom. The maximum atomic E-state index is 6.05. The van der Waals surface area contributed by atoms with E-state index in [1.807, 2.05) is 11.8 Å². The summed E-state index contributed by atoms with van der Waals surface area (Å²) in [5.74, 6) is 0.994. The zero-order valence-corrected chi connectivity index (χ0v) is 9.40. The molecule has 1 fully saturated rings. The number of rotatable bonds is 3. The largest absolute Gasteiger partial charge is 0.326 e. The van der Waals surface area contributed by atoms with Crippen molar-refractivity contribution in [2.24, 2.45) is 11.1 Å². The smallest absolute Gasteiger partial charge is 0.0381 e. The topological polar surface area (TPSA) is 26.0 Å². The molecule has 1 rings (SSSR count). The third-order valence-corrected chi connectivity index (χ3v) is 3.31. The Labute approximate surface area is 86.8 Å². The maximum absolute atomic E-state index is 6.05. The quantitative estimate of drug-likeness (QED) is 0.750. The van der Waals surface area contributed by atoms with Crippen LogP contribution in [-0.2, 0) is 0 Å². The van der Waals surface area contributed by atoms with Crippen LogP contribution in [0.15, 0.2) is 0 Å². The van der Waals surface area contributed by atoms with Gasteiger partial charge in [0.05, 0.1) is 0 Å². The summed E-state index contributed by atoms with van der Waals surface area (Å²) < 4.78 is 0. The molecule has 13 heavy (non-hydrogen) atoms. The van der Waals surface area contributed by atoms with E-state index in [0.717, 1.165) is 5.75 Å². The molecule has 0 aromatic carbocycles. The summed E-state index contributed by atoms with van der Waals surface area (Å²) in [5, 5.41) is 1.32. The van der Waals surface area contributed by atoms with E-state index in [2.05, 4.69) is 46.5 Å². The van der Waals surface area contributed by atoms with Crippen LogP contribution in [0.25, 0.3) is 0 Å². The number of hydrogen-bond acceptors (Lipinski definition) is 2. The van der Waals surface area contributed by atoms with Crippen molar-refractivity contribution in [1.29, 1.82) is 0 Å². The molecule has 0 saturated heterocycles. The van der Waals surface area contributed by atoms with Crippen LogP contribution in [0.4, 0.5) is 0 Å². The van der Waals surface area contributed by atoms with Gasteiger partial charge in [-0.3, -0.25) is 0 Å². The molecule has 1 saturated carbocycles. The van der Waals surface area contributed by atoms with Gasteiger partial charge in [-0.1, -0.05) is 20.8 Å². The Hall–Kier alpha value is 0.310. The van der Waals surface area contributed by atoms with Gasteiger partial charge in [-0.15, -0.1) is 0 Å². The summed E-state index contributed by atoms with van der Waals surface area (Å²) in [5.41, 5.74) is 6.25. The lowest BCUT2D eigenvalue weighted by Crippen LogP contribution is -2.37. The predicted octanol–water partition coefficient (Wildman–Crippen LogP) is 2.46. The zero-order chi connectivity index (χ0) is 9.90. The summed E-state index contributed by atoms with van der Waals surface area (Å²) in [4.78, 5) is 0. The van der Waals surface area contributed by atoms with Crippen molar-refractivity contribution in [1.82, 2.24) is 0 Å². The van der Waals surface area contributed by atoms with Gasteiger partial charge < -0.3 is 5.73 Å². The highest BCUT2D eigenvalue weighted by molar-refractivity contribution is 8.02. The van der Waals surface area contributed by atoms with Crippen LogP contribution in [0, 0.1) is 36.3 Å². The Bertz CT molecular complexity index is 145. The van der Waals surface area contributed by atoms with E-state index in [1.54, 1.807) is 0 Å². The van der Waals surface area contributed by atoms with Gasteiger partial charge in [0, 0.05) is 17.0 Å². The molecule has 0 unspecified atom stereocenters. The standard InChI is InChI=1S/C11H18NS/c1-11(2,3)10(12)8-13-9-6-4-5-7-9/h4-7,10H,8,12H2,1-3H3/t10-/m1/s1. The van der Waals surface area contributed by atoms with Gasteiger partial charge in [-0.05, 0) is 31.1 Å². The highest BCUT2D eigenvalue weighted by atomic mass is 32.2. The van der Waals surface area contributed by atoms with Crippen molar-refractivity contribution in [3.63, 3.8) is 0 Å². The van der Waals surface area contributed by atoms with Gasteiger partial charge in [0.1, 0.15) is 0 Å². The fourth-order valence-corrected chi connectivity index (χ4v) is 2.11. The molecule has 1 atom stereocenters. The number of hydrogen-bond donors (Lipinski definition) is 1. The second kappa shape index (κ2) is 4.70. The van der Waals surface area contributed by atoms with E-state index in [4.69, 9.17) is 5.73 Å². The highest BCUT2D eigenvalue weighted by Gasteiger charge is 2.23. The molecule has 1 aliphatic rings. The molecule has 2 N–H and O–H groups in total. The van der Waals surface area contributed by atoms with Crippen molar-refractivity contribution in [3.8, 4) is 0 Å². The minimum atomic E-state index is 0.208. The van der Waals surface area contributed by atoms with Gasteiger partial charge in [0.15, 0.2) is 0 Å². The molecule has 1 nitrogen and oxygen atoms in total. The minimum Gasteiger partial charge on any atom is -0.326 e. The van der Waals surface area contributed by atoms with Crippen molar-refractivity contribution >= 4 is 11.8 Å². The first kappa shape index (κ1) is 11.4. The van der Waals surface area contributed by atoms with E-state index < -0.39 is 0 Å². The lowest BCUT2D eigenvalue weighted by molar-refractivity contribution is 0.344. The summed E-state index contributed by atoms with van der Waals surface area (Å²) in [6.45, 7) is 6.55. The first-order chi connectivity index (χ1) is 6.00. The molecule has 2 heteroatoms. The third-order valence-electron chi connectivity index (χ3n) is 2.17. The predicted molar refractivity (Wildman–Crippen MR) is 60.3 cm³/mol. The molecule has 0 aromatic rings. The molecule has 1 aliphatic carbocycles. The van der Waals surface area contributed by atoms with E-state index in [1.165, 1.54) is 5.25 Å². The SMILES string of the molecule is CC(C)(C)[C@H](N)CS[C]1[CH][CH][CH][CH]1. The minimum absolute atomic E-state index is 0.208. The van der Waals surface area contributed by atoms with Crippen molar-refractivity contribution in [3.05, 3.63) is 30.9 Å². The molecule has 0 spiro atoms. The first-order valence-electron chi connectivity index (χ1n) is 4.60. The average molecular weight is 196 g/mol. The zero-order valence-electron chi connectivity index (χ0n) is 8.58. The second-order valence-electron chi connectivity index (χ2n) is 4.40. The first-order valence-corrected chi connectivity index (χ1v) is 5.59. The van der Waals surface area contributed by atoms with Crippen molar-refractivity contribution < 1.29 is 0 Å². The van der Waals surface area contributed by atoms with Gasteiger partial charge in [-0.25, -0.2) is 0 Å². The summed E-state index contributed by atoms with van der Waals surface area (Å²) in [7, 11) is 0. The number of thioether (sulfide) groups is 1. The lowest BCUT2D eigenvalue weighted by atomic mass is 9.89. The number of nitrogens with two attached hydrogens (primary N) is 1. The Morgan fingerprint density at radius 2 is 1.85 bits per heavy atom. The van der Waals surface area contributed by atoms with E-state index in [0.29, 0.717) is 0 Å². The Morgan fingerprint density at radius 1 is 1.31 bits per heavy atom. The molecule has 0 heterocycles. The van der Waals surface area contributed by atoms with E-state index in [9.17, 15) is 0 Å². The van der Waals surface area contributed by atoms with Gasteiger partial charge in [-0.2, -0.15) is 11.8 Å². The van der Waals surface area contributed by atoms with Crippen LogP contribution in [0.1, 0.15) is 20.8 Å². The van der Waals surface area contributed by atoms with Crippen LogP contribution in [-0.4, -0.2) is 11.8 Å². The molecule has 5 radical (unpaired) electrons.